The number of aryl methyl sites for hydroxylation is 2. The van der Waals surface area contributed by atoms with E-state index in [4.69, 9.17) is 16.3 Å². The van der Waals surface area contributed by atoms with E-state index >= 15 is 0 Å². The van der Waals surface area contributed by atoms with Gasteiger partial charge in [-0.3, -0.25) is 9.36 Å². The molecule has 8 nitrogen and oxygen atoms in total. The summed E-state index contributed by atoms with van der Waals surface area (Å²) in [5.41, 5.74) is 1.73. The minimum absolute atomic E-state index is 0.104. The molecule has 2 aromatic heterocycles. The van der Waals surface area contributed by atoms with Gasteiger partial charge in [0.2, 0.25) is 0 Å². The number of aromatic nitrogens is 2. The molecule has 1 aliphatic rings. The summed E-state index contributed by atoms with van der Waals surface area (Å²) < 4.78 is 34.6. The second kappa shape index (κ2) is 8.51. The van der Waals surface area contributed by atoms with E-state index in [1.165, 1.54) is 34.0 Å². The minimum Gasteiger partial charge on any atom is -0.496 e. The lowest BCUT2D eigenvalue weighted by Gasteiger charge is -2.28. The van der Waals surface area contributed by atoms with Crippen molar-refractivity contribution in [2.45, 2.75) is 25.9 Å². The number of benzene rings is 1. The number of hydrogen-bond acceptors (Lipinski definition) is 6. The van der Waals surface area contributed by atoms with Crippen molar-refractivity contribution in [3.8, 4) is 5.75 Å². The summed E-state index contributed by atoms with van der Waals surface area (Å²) in [5, 5.41) is 1.21. The van der Waals surface area contributed by atoms with Crippen LogP contribution >= 0.6 is 22.9 Å². The van der Waals surface area contributed by atoms with Crippen LogP contribution in [-0.4, -0.2) is 54.3 Å². The van der Waals surface area contributed by atoms with Crippen LogP contribution in [0.15, 0.2) is 29.3 Å². The van der Waals surface area contributed by atoms with Crippen molar-refractivity contribution in [1.82, 2.24) is 18.2 Å². The molecule has 3 aromatic rings. The van der Waals surface area contributed by atoms with Crippen LogP contribution in [0.4, 0.5) is 0 Å². The smallest absolute Gasteiger partial charge is 0.281 e. The van der Waals surface area contributed by atoms with Crippen molar-refractivity contribution in [1.29, 1.82) is 0 Å². The Morgan fingerprint density at radius 3 is 2.81 bits per heavy atom. The summed E-state index contributed by atoms with van der Waals surface area (Å²) in [7, 11) is 1.14. The molecule has 0 fully saturated rings. The SMILES string of the molecule is COc1ccc(Cl)cc1CCn1cnc2sc3c(c2c1=O)CCN(S(=O)(=O)N(C)C)C3. The third-order valence-corrected chi connectivity index (χ3v) is 8.69. The molecular weight excluding hydrogens is 460 g/mol. The zero-order valence-corrected chi connectivity index (χ0v) is 19.9. The molecule has 0 bridgehead atoms. The van der Waals surface area contributed by atoms with E-state index in [-0.39, 0.29) is 12.1 Å². The molecule has 1 aromatic carbocycles. The van der Waals surface area contributed by atoms with Gasteiger partial charge in [0.05, 0.1) is 18.8 Å². The Kier molecular flexibility index (Phi) is 6.10. The zero-order valence-electron chi connectivity index (χ0n) is 17.5. The Hall–Kier alpha value is -1.98. The molecule has 0 saturated heterocycles. The highest BCUT2D eigenvalue weighted by atomic mass is 35.5. The summed E-state index contributed by atoms with van der Waals surface area (Å²) in [6, 6.07) is 5.41. The maximum absolute atomic E-state index is 13.2. The number of halogens is 1. The number of ether oxygens (including phenoxy) is 1. The van der Waals surface area contributed by atoms with Crippen LogP contribution in [-0.2, 0) is 36.1 Å². The van der Waals surface area contributed by atoms with Gasteiger partial charge in [0, 0.05) is 43.6 Å². The first-order valence-corrected chi connectivity index (χ1v) is 12.3. The highest BCUT2D eigenvalue weighted by Gasteiger charge is 2.31. The van der Waals surface area contributed by atoms with Crippen molar-refractivity contribution in [3.63, 3.8) is 0 Å². The monoisotopic (exact) mass is 482 g/mol. The molecule has 0 N–H and O–H groups in total. The van der Waals surface area contributed by atoms with E-state index in [2.05, 4.69) is 4.98 Å². The first-order valence-electron chi connectivity index (χ1n) is 9.72. The Morgan fingerprint density at radius 1 is 1.32 bits per heavy atom. The summed E-state index contributed by atoms with van der Waals surface area (Å²) in [6.45, 7) is 1.04. The highest BCUT2D eigenvalue weighted by molar-refractivity contribution is 7.86. The van der Waals surface area contributed by atoms with Crippen LogP contribution in [0.25, 0.3) is 10.2 Å². The van der Waals surface area contributed by atoms with E-state index in [1.54, 1.807) is 24.1 Å². The number of nitrogens with zero attached hydrogens (tertiary/aromatic N) is 4. The van der Waals surface area contributed by atoms with Gasteiger partial charge in [-0.15, -0.1) is 11.3 Å². The standard InChI is InChI=1S/C20H23ClN4O4S2/c1-23(2)31(27,28)25-9-7-15-17(11-25)30-19-18(15)20(26)24(12-22-19)8-6-13-10-14(21)4-5-16(13)29-3/h4-5,10,12H,6-9,11H2,1-3H3. The van der Waals surface area contributed by atoms with E-state index < -0.39 is 10.2 Å². The van der Waals surface area contributed by atoms with E-state index in [9.17, 15) is 13.2 Å². The van der Waals surface area contributed by atoms with E-state index in [0.29, 0.717) is 41.2 Å². The lowest BCUT2D eigenvalue weighted by atomic mass is 10.1. The Balaban J connectivity index is 1.64. The maximum Gasteiger partial charge on any atom is 0.281 e. The third-order valence-electron chi connectivity index (χ3n) is 5.44. The third kappa shape index (κ3) is 4.10. The molecule has 0 amide bonds. The molecule has 0 atom stereocenters. The normalized spacial score (nSPS) is 14.9. The van der Waals surface area contributed by atoms with Crippen molar-refractivity contribution < 1.29 is 13.2 Å². The predicted molar refractivity (Wildman–Crippen MR) is 122 cm³/mol. The summed E-state index contributed by atoms with van der Waals surface area (Å²) >= 11 is 7.50. The molecule has 31 heavy (non-hydrogen) atoms. The van der Waals surface area contributed by atoms with Crippen LogP contribution in [0.3, 0.4) is 0 Å². The summed E-state index contributed by atoms with van der Waals surface area (Å²) in [4.78, 5) is 19.2. The molecule has 1 aliphatic heterocycles. The Labute approximate surface area is 189 Å². The molecule has 3 heterocycles. The fourth-order valence-electron chi connectivity index (χ4n) is 3.77. The van der Waals surface area contributed by atoms with Gasteiger partial charge in [0.1, 0.15) is 10.6 Å². The highest BCUT2D eigenvalue weighted by Crippen LogP contribution is 2.33. The van der Waals surface area contributed by atoms with Gasteiger partial charge < -0.3 is 4.74 Å². The van der Waals surface area contributed by atoms with Crippen LogP contribution in [0.1, 0.15) is 16.0 Å². The van der Waals surface area contributed by atoms with Gasteiger partial charge in [-0.05, 0) is 42.2 Å². The topological polar surface area (TPSA) is 84.7 Å². The van der Waals surface area contributed by atoms with Gasteiger partial charge in [0.15, 0.2) is 0 Å². The number of methoxy groups -OCH3 is 1. The fourth-order valence-corrected chi connectivity index (χ4v) is 6.31. The predicted octanol–water partition coefficient (Wildman–Crippen LogP) is 2.53. The van der Waals surface area contributed by atoms with Crippen LogP contribution in [0.2, 0.25) is 5.02 Å². The molecule has 0 saturated carbocycles. The largest absolute Gasteiger partial charge is 0.496 e. The average molecular weight is 483 g/mol. The fraction of sp³-hybridized carbons (Fsp3) is 0.400. The quantitative estimate of drug-likeness (QED) is 0.539. The molecule has 0 unspecified atom stereocenters. The van der Waals surface area contributed by atoms with Crippen molar-refractivity contribution in [3.05, 3.63) is 55.9 Å². The maximum atomic E-state index is 13.2. The Bertz CT molecular complexity index is 1300. The Morgan fingerprint density at radius 2 is 2.10 bits per heavy atom. The van der Waals surface area contributed by atoms with Crippen LogP contribution < -0.4 is 10.3 Å². The number of hydrogen-bond donors (Lipinski definition) is 0. The second-order valence-corrected chi connectivity index (χ2v) is 11.2. The summed E-state index contributed by atoms with van der Waals surface area (Å²) in [5.74, 6) is 0.724. The first kappa shape index (κ1) is 22.2. The van der Waals surface area contributed by atoms with Gasteiger partial charge in [-0.25, -0.2) is 4.98 Å². The van der Waals surface area contributed by atoms with Gasteiger partial charge in [-0.1, -0.05) is 11.6 Å². The molecule has 4 rings (SSSR count). The molecule has 166 valence electrons. The molecule has 0 aliphatic carbocycles. The molecule has 0 radical (unpaired) electrons. The minimum atomic E-state index is -3.50. The lowest BCUT2D eigenvalue weighted by Crippen LogP contribution is -2.42. The molecule has 0 spiro atoms. The van der Waals surface area contributed by atoms with E-state index in [1.807, 2.05) is 12.1 Å². The van der Waals surface area contributed by atoms with Crippen molar-refractivity contribution in [2.24, 2.45) is 0 Å². The number of fused-ring (bicyclic) bond motifs is 3. The lowest BCUT2D eigenvalue weighted by molar-refractivity contribution is 0.362. The second-order valence-electron chi connectivity index (χ2n) is 7.51. The average Bonchev–Trinajstić information content (AvgIpc) is 3.11. The molecular formula is C20H23ClN4O4S2. The van der Waals surface area contributed by atoms with Crippen molar-refractivity contribution in [2.75, 3.05) is 27.7 Å². The molecule has 11 heteroatoms. The van der Waals surface area contributed by atoms with Crippen LogP contribution in [0.5, 0.6) is 5.75 Å². The van der Waals surface area contributed by atoms with E-state index in [0.717, 1.165) is 21.8 Å². The van der Waals surface area contributed by atoms with Gasteiger partial charge >= 0.3 is 0 Å². The van der Waals surface area contributed by atoms with Crippen molar-refractivity contribution >= 4 is 43.4 Å². The van der Waals surface area contributed by atoms with Crippen LogP contribution in [0, 0.1) is 0 Å². The zero-order chi connectivity index (χ0) is 22.3. The first-order chi connectivity index (χ1) is 14.7. The number of thiophene rings is 1. The number of rotatable bonds is 6. The summed E-state index contributed by atoms with van der Waals surface area (Å²) in [6.07, 6.45) is 2.61. The van der Waals surface area contributed by atoms with Gasteiger partial charge in [0.25, 0.3) is 15.8 Å². The van der Waals surface area contributed by atoms with Gasteiger partial charge in [-0.2, -0.15) is 17.0 Å².